The van der Waals surface area contributed by atoms with E-state index in [0.29, 0.717) is 29.1 Å². The van der Waals surface area contributed by atoms with E-state index in [-0.39, 0.29) is 12.1 Å². The van der Waals surface area contributed by atoms with Gasteiger partial charge in [0, 0.05) is 49.3 Å². The summed E-state index contributed by atoms with van der Waals surface area (Å²) in [4.78, 5) is 11.0. The van der Waals surface area contributed by atoms with Crippen molar-refractivity contribution >= 4 is 34.6 Å². The first-order valence-electron chi connectivity index (χ1n) is 12.5. The van der Waals surface area contributed by atoms with Crippen LogP contribution in [0.5, 0.6) is 5.75 Å². The summed E-state index contributed by atoms with van der Waals surface area (Å²) in [6, 6.07) is 17.8. The molecule has 1 fully saturated rings. The summed E-state index contributed by atoms with van der Waals surface area (Å²) in [5, 5.41) is 4.67. The van der Waals surface area contributed by atoms with E-state index in [2.05, 4.69) is 44.7 Å². The van der Waals surface area contributed by atoms with E-state index in [1.807, 2.05) is 67.1 Å². The second kappa shape index (κ2) is 11.5. The van der Waals surface area contributed by atoms with Crippen LogP contribution in [-0.2, 0) is 11.3 Å². The summed E-state index contributed by atoms with van der Waals surface area (Å²) in [6.07, 6.45) is 5.47. The number of anilines is 1. The van der Waals surface area contributed by atoms with Crippen LogP contribution in [0.4, 0.5) is 5.69 Å². The number of nitrogens with zero attached hydrogens (tertiary/aromatic N) is 4. The van der Waals surface area contributed by atoms with Gasteiger partial charge in [-0.1, -0.05) is 17.7 Å². The van der Waals surface area contributed by atoms with Crippen LogP contribution in [0.15, 0.2) is 73.2 Å². The Labute approximate surface area is 233 Å². The smallest absolute Gasteiger partial charge is 0.174 e. The first-order valence-corrected chi connectivity index (χ1v) is 13.2. The lowest BCUT2D eigenvalue weighted by Crippen LogP contribution is -2.29. The molecule has 1 aliphatic heterocycles. The maximum absolute atomic E-state index is 6.65. The number of nitrogens with one attached hydrogen (secondary N) is 1. The molecule has 7 nitrogen and oxygen atoms in total. The Balaban J connectivity index is 1.56. The molecule has 4 aromatic rings. The van der Waals surface area contributed by atoms with Crippen LogP contribution in [-0.4, -0.2) is 40.0 Å². The molecule has 38 heavy (non-hydrogen) atoms. The molecule has 0 bridgehead atoms. The van der Waals surface area contributed by atoms with Gasteiger partial charge < -0.3 is 24.3 Å². The fourth-order valence-electron chi connectivity index (χ4n) is 4.98. The minimum Gasteiger partial charge on any atom is -0.490 e. The molecular formula is C29H30ClN5O2S. The molecule has 1 N–H and O–H groups in total. The molecule has 9 heteroatoms. The van der Waals surface area contributed by atoms with E-state index in [4.69, 9.17) is 33.3 Å². The van der Waals surface area contributed by atoms with Gasteiger partial charge in [-0.25, -0.2) is 0 Å². The zero-order chi connectivity index (χ0) is 26.6. The number of hydrogen-bond acceptors (Lipinski definition) is 5. The SMILES string of the molecule is COCCOc1ccc(N2C(=S)NC(c3ccccn3)C2c2cc(C)n(Cc3ccncc3)c2C)cc1Cl. The van der Waals surface area contributed by atoms with Crippen LogP contribution in [0.1, 0.15) is 40.3 Å². The number of ether oxygens (including phenoxy) is 2. The summed E-state index contributed by atoms with van der Waals surface area (Å²) in [7, 11) is 1.64. The van der Waals surface area contributed by atoms with Gasteiger partial charge in [0.05, 0.1) is 29.4 Å². The molecule has 4 heterocycles. The normalized spacial score (nSPS) is 17.1. The molecule has 1 aliphatic rings. The van der Waals surface area contributed by atoms with Crippen LogP contribution in [0.2, 0.25) is 5.02 Å². The number of thiocarbonyl (C=S) groups is 1. The number of rotatable bonds is 9. The Kier molecular flexibility index (Phi) is 7.93. The molecule has 0 radical (unpaired) electrons. The molecule has 196 valence electrons. The molecule has 0 aliphatic carbocycles. The molecule has 3 aromatic heterocycles. The molecule has 0 spiro atoms. The highest BCUT2D eigenvalue weighted by molar-refractivity contribution is 7.80. The van der Waals surface area contributed by atoms with Gasteiger partial charge in [-0.15, -0.1) is 0 Å². The summed E-state index contributed by atoms with van der Waals surface area (Å²) in [5.41, 5.74) is 6.53. The molecule has 0 amide bonds. The number of pyridine rings is 2. The van der Waals surface area contributed by atoms with Crippen molar-refractivity contribution in [1.29, 1.82) is 0 Å². The van der Waals surface area contributed by atoms with Gasteiger partial charge >= 0.3 is 0 Å². The van der Waals surface area contributed by atoms with Crippen LogP contribution in [0.25, 0.3) is 0 Å². The summed E-state index contributed by atoms with van der Waals surface area (Å²) < 4.78 is 13.2. The molecule has 0 saturated carbocycles. The van der Waals surface area contributed by atoms with Crippen molar-refractivity contribution in [2.45, 2.75) is 32.5 Å². The second-order valence-corrected chi connectivity index (χ2v) is 10.0. The summed E-state index contributed by atoms with van der Waals surface area (Å²) >= 11 is 12.6. The first-order chi connectivity index (χ1) is 18.5. The minimum absolute atomic E-state index is 0.133. The number of benzene rings is 1. The Bertz CT molecular complexity index is 1410. The van der Waals surface area contributed by atoms with Gasteiger partial charge in [0.2, 0.25) is 0 Å². The quantitative estimate of drug-likeness (QED) is 0.210. The lowest BCUT2D eigenvalue weighted by atomic mass is 9.96. The van der Waals surface area contributed by atoms with Crippen molar-refractivity contribution in [3.63, 3.8) is 0 Å². The van der Waals surface area contributed by atoms with Crippen LogP contribution < -0.4 is 15.0 Å². The third kappa shape index (κ3) is 5.25. The fourth-order valence-corrected chi connectivity index (χ4v) is 5.56. The number of hydrogen-bond donors (Lipinski definition) is 1. The van der Waals surface area contributed by atoms with E-state index < -0.39 is 0 Å². The zero-order valence-electron chi connectivity index (χ0n) is 21.6. The zero-order valence-corrected chi connectivity index (χ0v) is 23.2. The number of aryl methyl sites for hydroxylation is 1. The molecule has 1 saturated heterocycles. The molecule has 2 atom stereocenters. The monoisotopic (exact) mass is 547 g/mol. The van der Waals surface area contributed by atoms with E-state index in [1.165, 1.54) is 22.5 Å². The van der Waals surface area contributed by atoms with Gasteiger partial charge in [-0.3, -0.25) is 9.97 Å². The Morgan fingerprint density at radius 1 is 1.03 bits per heavy atom. The van der Waals surface area contributed by atoms with Crippen molar-refractivity contribution in [1.82, 2.24) is 19.9 Å². The van der Waals surface area contributed by atoms with E-state index >= 15 is 0 Å². The Morgan fingerprint density at radius 2 is 1.84 bits per heavy atom. The van der Waals surface area contributed by atoms with Crippen molar-refractivity contribution < 1.29 is 9.47 Å². The average molecular weight is 548 g/mol. The second-order valence-electron chi connectivity index (χ2n) is 9.22. The van der Waals surface area contributed by atoms with Gasteiger partial charge in [0.1, 0.15) is 12.4 Å². The van der Waals surface area contributed by atoms with Crippen molar-refractivity contribution in [2.24, 2.45) is 0 Å². The van der Waals surface area contributed by atoms with Crippen molar-refractivity contribution in [3.05, 3.63) is 106 Å². The maximum atomic E-state index is 6.65. The average Bonchev–Trinajstić information content (AvgIpc) is 3.41. The third-order valence-corrected chi connectivity index (χ3v) is 7.47. The van der Waals surface area contributed by atoms with Crippen molar-refractivity contribution in [2.75, 3.05) is 25.2 Å². The fraction of sp³-hybridized carbons (Fsp3) is 0.276. The molecular weight excluding hydrogens is 518 g/mol. The standard InChI is InChI=1S/C29H30ClN5O2S/c1-19-16-23(20(2)34(19)18-21-9-12-31-13-10-21)28-27(25-6-4-5-11-32-25)33-29(38)35(28)22-7-8-26(24(30)17-22)37-15-14-36-3/h4-13,16-17,27-28H,14-15,18H2,1-3H3,(H,33,38). The van der Waals surface area contributed by atoms with Gasteiger partial charge in [0.15, 0.2) is 5.11 Å². The van der Waals surface area contributed by atoms with Gasteiger partial charge in [-0.2, -0.15) is 0 Å². The lowest BCUT2D eigenvalue weighted by Gasteiger charge is -2.28. The maximum Gasteiger partial charge on any atom is 0.174 e. The van der Waals surface area contributed by atoms with Gasteiger partial charge in [0.25, 0.3) is 0 Å². The van der Waals surface area contributed by atoms with E-state index in [9.17, 15) is 0 Å². The lowest BCUT2D eigenvalue weighted by molar-refractivity contribution is 0.146. The Hall–Kier alpha value is -3.46. The number of aromatic nitrogens is 3. The van der Waals surface area contributed by atoms with Gasteiger partial charge in [-0.05, 0) is 85.7 Å². The molecule has 1 aromatic carbocycles. The van der Waals surface area contributed by atoms with E-state index in [0.717, 1.165) is 17.9 Å². The largest absolute Gasteiger partial charge is 0.490 e. The van der Waals surface area contributed by atoms with Crippen molar-refractivity contribution in [3.8, 4) is 5.75 Å². The summed E-state index contributed by atoms with van der Waals surface area (Å²) in [5.74, 6) is 0.610. The highest BCUT2D eigenvalue weighted by atomic mass is 35.5. The van der Waals surface area contributed by atoms with Crippen LogP contribution in [0.3, 0.4) is 0 Å². The molecule has 2 unspecified atom stereocenters. The highest BCUT2D eigenvalue weighted by Crippen LogP contribution is 2.44. The first kappa shape index (κ1) is 26.2. The summed E-state index contributed by atoms with van der Waals surface area (Å²) in [6.45, 7) is 5.98. The molecule has 5 rings (SSSR count). The van der Waals surface area contributed by atoms with Crippen LogP contribution in [0, 0.1) is 13.8 Å². The predicted octanol–water partition coefficient (Wildman–Crippen LogP) is 5.80. The minimum atomic E-state index is -0.144. The number of halogens is 1. The number of methoxy groups -OCH3 is 1. The van der Waals surface area contributed by atoms with E-state index in [1.54, 1.807) is 7.11 Å². The van der Waals surface area contributed by atoms with Crippen LogP contribution >= 0.6 is 23.8 Å². The third-order valence-electron chi connectivity index (χ3n) is 6.86. The predicted molar refractivity (Wildman–Crippen MR) is 154 cm³/mol. The topological polar surface area (TPSA) is 64.4 Å². The Morgan fingerprint density at radius 3 is 2.55 bits per heavy atom. The highest BCUT2D eigenvalue weighted by Gasteiger charge is 2.42.